The van der Waals surface area contributed by atoms with E-state index in [0.717, 1.165) is 6.42 Å². The van der Waals surface area contributed by atoms with Crippen molar-refractivity contribution in [2.45, 2.75) is 17.4 Å². The lowest BCUT2D eigenvalue weighted by Crippen LogP contribution is -2.44. The maximum Gasteiger partial charge on any atom is 0.310 e. The largest absolute Gasteiger partial charge is 0.461 e. The lowest BCUT2D eigenvalue weighted by atomic mass is 9.80. The molecular formula is C18H16BrClN2O6. The Bertz CT molecular complexity index is 847. The molecule has 3 fully saturated rings. The highest BCUT2D eigenvalue weighted by molar-refractivity contribution is 9.09. The Morgan fingerprint density at radius 3 is 2.61 bits per heavy atom. The number of rotatable bonds is 4. The van der Waals surface area contributed by atoms with Crippen LogP contribution in [0.3, 0.4) is 0 Å². The minimum atomic E-state index is -0.693. The van der Waals surface area contributed by atoms with Crippen molar-refractivity contribution in [3.63, 3.8) is 0 Å². The highest BCUT2D eigenvalue weighted by Crippen LogP contribution is 2.60. The average Bonchev–Trinajstić information content (AvgIpc) is 3.29. The Kier molecular flexibility index (Phi) is 5.05. The number of ether oxygens (including phenoxy) is 2. The summed E-state index contributed by atoms with van der Waals surface area (Å²) in [7, 11) is 0. The molecule has 1 heterocycles. The molecule has 1 aliphatic heterocycles. The van der Waals surface area contributed by atoms with Crippen LogP contribution in [0.2, 0.25) is 5.02 Å². The zero-order valence-electron chi connectivity index (χ0n) is 14.4. The van der Waals surface area contributed by atoms with Gasteiger partial charge in [-0.1, -0.05) is 27.5 Å². The van der Waals surface area contributed by atoms with Gasteiger partial charge in [0.25, 0.3) is 11.8 Å². The molecule has 0 spiro atoms. The molecule has 2 aliphatic carbocycles. The van der Waals surface area contributed by atoms with Gasteiger partial charge in [0.15, 0.2) is 6.61 Å². The Morgan fingerprint density at radius 1 is 1.18 bits per heavy atom. The summed E-state index contributed by atoms with van der Waals surface area (Å²) in [4.78, 5) is 48.2. The summed E-state index contributed by atoms with van der Waals surface area (Å²) < 4.78 is 10.4. The first-order chi connectivity index (χ1) is 13.4. The molecule has 148 valence electrons. The van der Waals surface area contributed by atoms with Gasteiger partial charge >= 0.3 is 11.9 Å². The Balaban J connectivity index is 1.27. The van der Waals surface area contributed by atoms with Gasteiger partial charge in [0, 0.05) is 16.5 Å². The van der Waals surface area contributed by atoms with Gasteiger partial charge in [0.1, 0.15) is 6.10 Å². The number of hydrogen-bond acceptors (Lipinski definition) is 6. The number of carbonyl (C=O) groups excluding carboxylic acids is 4. The van der Waals surface area contributed by atoms with E-state index in [1.165, 1.54) is 12.1 Å². The first-order valence-corrected chi connectivity index (χ1v) is 10.0. The molecule has 8 nitrogen and oxygen atoms in total. The molecule has 1 saturated heterocycles. The lowest BCUT2D eigenvalue weighted by molar-refractivity contribution is -0.158. The third-order valence-electron chi connectivity index (χ3n) is 5.56. The smallest absolute Gasteiger partial charge is 0.310 e. The van der Waals surface area contributed by atoms with Crippen LogP contribution in [-0.4, -0.2) is 41.3 Å². The van der Waals surface area contributed by atoms with Crippen LogP contribution in [0.1, 0.15) is 16.8 Å². The summed E-state index contributed by atoms with van der Waals surface area (Å²) in [6.45, 7) is -0.564. The molecule has 3 aliphatic rings. The number of hydrazine groups is 1. The van der Waals surface area contributed by atoms with E-state index < -0.39 is 36.2 Å². The number of benzene rings is 1. The van der Waals surface area contributed by atoms with Crippen LogP contribution < -0.4 is 10.9 Å². The molecule has 2 N–H and O–H groups in total. The highest BCUT2D eigenvalue weighted by Gasteiger charge is 2.68. The maximum atomic E-state index is 12.5. The van der Waals surface area contributed by atoms with Crippen molar-refractivity contribution in [2.24, 2.45) is 23.7 Å². The van der Waals surface area contributed by atoms with Crippen LogP contribution in [0.4, 0.5) is 0 Å². The molecular weight excluding hydrogens is 456 g/mol. The van der Waals surface area contributed by atoms with E-state index in [-0.39, 0.29) is 28.7 Å². The van der Waals surface area contributed by atoms with E-state index in [1.54, 1.807) is 12.1 Å². The predicted octanol–water partition coefficient (Wildman–Crippen LogP) is 1.22. The van der Waals surface area contributed by atoms with E-state index in [2.05, 4.69) is 26.8 Å². The van der Waals surface area contributed by atoms with Crippen molar-refractivity contribution < 1.29 is 28.7 Å². The number of amides is 2. The highest BCUT2D eigenvalue weighted by atomic mass is 79.9. The number of halogens is 2. The van der Waals surface area contributed by atoms with Gasteiger partial charge in [0.2, 0.25) is 0 Å². The molecule has 0 unspecified atom stereocenters. The third kappa shape index (κ3) is 3.26. The summed E-state index contributed by atoms with van der Waals surface area (Å²) >= 11 is 9.26. The van der Waals surface area contributed by atoms with Crippen molar-refractivity contribution in [1.29, 1.82) is 0 Å². The van der Waals surface area contributed by atoms with Crippen LogP contribution >= 0.6 is 27.5 Å². The van der Waals surface area contributed by atoms with E-state index in [4.69, 9.17) is 21.1 Å². The standard InChI is InChI=1S/C18H16BrClN2O6/c19-14-9-5-10-13(18(26)28-15(10)14)12(9)17(25)27-6-11(23)21-22-16(24)7-1-3-8(20)4-2-7/h1-4,9-10,12-15H,5-6H2,(H,21,23)(H,22,24)/t9-,10-,12-,13-,14-,15+/m1/s1. The Morgan fingerprint density at radius 2 is 1.89 bits per heavy atom. The number of esters is 2. The molecule has 10 heteroatoms. The fourth-order valence-electron chi connectivity index (χ4n) is 4.36. The predicted molar refractivity (Wildman–Crippen MR) is 99.2 cm³/mol. The van der Waals surface area contributed by atoms with Crippen molar-refractivity contribution in [3.8, 4) is 0 Å². The number of carbonyl (C=O) groups is 4. The summed E-state index contributed by atoms with van der Waals surface area (Å²) in [5, 5.41) is 0.483. The zero-order chi connectivity index (χ0) is 20.0. The Hall–Kier alpha value is -2.13. The fraction of sp³-hybridized carbons (Fsp3) is 0.444. The van der Waals surface area contributed by atoms with E-state index >= 15 is 0 Å². The van der Waals surface area contributed by atoms with Gasteiger partial charge in [-0.15, -0.1) is 0 Å². The summed E-state index contributed by atoms with van der Waals surface area (Å²) in [5.41, 5.74) is 4.71. The number of nitrogens with one attached hydrogen (secondary N) is 2. The number of alkyl halides is 1. The monoisotopic (exact) mass is 470 g/mol. The van der Waals surface area contributed by atoms with Crippen molar-refractivity contribution in [1.82, 2.24) is 10.9 Å². The summed E-state index contributed by atoms with van der Waals surface area (Å²) in [5.74, 6) is -3.34. The number of fused-ring (bicyclic) bond motifs is 1. The molecule has 1 aromatic rings. The summed E-state index contributed by atoms with van der Waals surface area (Å²) in [6, 6.07) is 6.10. The fourth-order valence-corrected chi connectivity index (χ4v) is 5.53. The quantitative estimate of drug-likeness (QED) is 0.388. The van der Waals surface area contributed by atoms with E-state index in [1.807, 2.05) is 0 Å². The molecule has 1 aromatic carbocycles. The summed E-state index contributed by atoms with van der Waals surface area (Å²) in [6.07, 6.45) is 0.540. The second-order valence-corrected chi connectivity index (χ2v) is 8.57. The first kappa shape index (κ1) is 19.2. The van der Waals surface area contributed by atoms with Crippen LogP contribution in [0.25, 0.3) is 0 Å². The minimum absolute atomic E-state index is 0.0203. The van der Waals surface area contributed by atoms with Gasteiger partial charge < -0.3 is 9.47 Å². The van der Waals surface area contributed by atoms with E-state index in [0.29, 0.717) is 10.6 Å². The molecule has 6 atom stereocenters. The van der Waals surface area contributed by atoms with E-state index in [9.17, 15) is 19.2 Å². The van der Waals surface area contributed by atoms with Gasteiger partial charge in [-0.05, 0) is 36.6 Å². The normalized spacial score (nSPS) is 32.0. The first-order valence-electron chi connectivity index (χ1n) is 8.73. The maximum absolute atomic E-state index is 12.5. The Labute approximate surface area is 173 Å². The van der Waals surface area contributed by atoms with Crippen LogP contribution in [0.15, 0.2) is 24.3 Å². The van der Waals surface area contributed by atoms with Crippen molar-refractivity contribution >= 4 is 51.3 Å². The minimum Gasteiger partial charge on any atom is -0.461 e. The second kappa shape index (κ2) is 7.36. The van der Waals surface area contributed by atoms with Gasteiger partial charge in [-0.2, -0.15) is 0 Å². The van der Waals surface area contributed by atoms with Gasteiger partial charge in [0.05, 0.1) is 16.7 Å². The lowest BCUT2D eigenvalue weighted by Gasteiger charge is -2.26. The average molecular weight is 472 g/mol. The van der Waals surface area contributed by atoms with Crippen LogP contribution in [0, 0.1) is 23.7 Å². The van der Waals surface area contributed by atoms with Crippen molar-refractivity contribution in [3.05, 3.63) is 34.9 Å². The SMILES string of the molecule is O=C(COC(=O)[C@@H]1[C@H]2C[C@H]3[C@H](OC(=O)[C@H]31)[C@@H]2Br)NNC(=O)c1ccc(Cl)cc1. The molecule has 0 aromatic heterocycles. The molecule has 4 rings (SSSR count). The molecule has 2 amide bonds. The second-order valence-electron chi connectivity index (χ2n) is 7.08. The molecule has 0 radical (unpaired) electrons. The topological polar surface area (TPSA) is 111 Å². The molecule has 2 saturated carbocycles. The molecule has 2 bridgehead atoms. The van der Waals surface area contributed by atoms with Crippen molar-refractivity contribution in [2.75, 3.05) is 6.61 Å². The third-order valence-corrected chi connectivity index (χ3v) is 7.01. The molecule has 28 heavy (non-hydrogen) atoms. The van der Waals surface area contributed by atoms with Crippen LogP contribution in [0.5, 0.6) is 0 Å². The van der Waals surface area contributed by atoms with Gasteiger partial charge in [-0.3, -0.25) is 30.0 Å². The van der Waals surface area contributed by atoms with Gasteiger partial charge in [-0.25, -0.2) is 0 Å². The zero-order valence-corrected chi connectivity index (χ0v) is 16.7. The number of hydrogen-bond donors (Lipinski definition) is 2. The van der Waals surface area contributed by atoms with Crippen LogP contribution in [-0.2, 0) is 23.9 Å².